The van der Waals surface area contributed by atoms with Gasteiger partial charge in [0.25, 0.3) is 0 Å². The second kappa shape index (κ2) is 6.84. The Kier molecular flexibility index (Phi) is 5.75. The van der Waals surface area contributed by atoms with E-state index in [4.69, 9.17) is 11.6 Å². The summed E-state index contributed by atoms with van der Waals surface area (Å²) in [6.07, 6.45) is 3.15. The molecule has 1 aromatic rings. The van der Waals surface area contributed by atoms with E-state index in [0.717, 1.165) is 25.8 Å². The zero-order valence-corrected chi connectivity index (χ0v) is 11.0. The van der Waals surface area contributed by atoms with E-state index in [9.17, 15) is 4.79 Å². The fourth-order valence-corrected chi connectivity index (χ4v) is 2.04. The number of hydrogen-bond acceptors (Lipinski definition) is 2. The van der Waals surface area contributed by atoms with Gasteiger partial charge in [-0.15, -0.1) is 12.4 Å². The zero-order valence-electron chi connectivity index (χ0n) is 9.41. The molecule has 1 heterocycles. The number of piperidine rings is 1. The lowest BCUT2D eigenvalue weighted by atomic mass is 10.0. The van der Waals surface area contributed by atoms with Crippen LogP contribution in [0.1, 0.15) is 19.3 Å². The maximum Gasteiger partial charge on any atom is 0.241 e. The van der Waals surface area contributed by atoms with Crippen LogP contribution in [0.15, 0.2) is 24.3 Å². The lowest BCUT2D eigenvalue weighted by Crippen LogP contribution is -2.43. The van der Waals surface area contributed by atoms with Crippen molar-refractivity contribution in [3.8, 4) is 0 Å². The second-order valence-electron chi connectivity index (χ2n) is 3.97. The van der Waals surface area contributed by atoms with Gasteiger partial charge in [0.05, 0.1) is 16.8 Å². The van der Waals surface area contributed by atoms with Gasteiger partial charge in [0, 0.05) is 0 Å². The van der Waals surface area contributed by atoms with Gasteiger partial charge >= 0.3 is 0 Å². The summed E-state index contributed by atoms with van der Waals surface area (Å²) in [5.41, 5.74) is 0.682. The van der Waals surface area contributed by atoms with E-state index in [2.05, 4.69) is 10.6 Å². The van der Waals surface area contributed by atoms with E-state index in [-0.39, 0.29) is 24.4 Å². The summed E-state index contributed by atoms with van der Waals surface area (Å²) in [4.78, 5) is 11.9. The first-order valence-electron chi connectivity index (χ1n) is 5.56. The molecule has 94 valence electrons. The number of carbonyl (C=O) groups is 1. The van der Waals surface area contributed by atoms with Gasteiger partial charge in [-0.3, -0.25) is 4.79 Å². The molecule has 5 heteroatoms. The fraction of sp³-hybridized carbons (Fsp3) is 0.417. The molecular weight excluding hydrogens is 259 g/mol. The van der Waals surface area contributed by atoms with E-state index in [1.165, 1.54) is 0 Å². The molecule has 0 radical (unpaired) electrons. The summed E-state index contributed by atoms with van der Waals surface area (Å²) in [6, 6.07) is 7.20. The predicted octanol–water partition coefficient (Wildman–Crippen LogP) is 2.84. The number of benzene rings is 1. The van der Waals surface area contributed by atoms with Crippen molar-refractivity contribution in [2.45, 2.75) is 25.3 Å². The van der Waals surface area contributed by atoms with Crippen molar-refractivity contribution in [2.75, 3.05) is 11.9 Å². The Morgan fingerprint density at radius 3 is 2.76 bits per heavy atom. The Morgan fingerprint density at radius 2 is 2.12 bits per heavy atom. The maximum absolute atomic E-state index is 11.9. The second-order valence-corrected chi connectivity index (χ2v) is 4.38. The maximum atomic E-state index is 11.9. The SMILES string of the molecule is Cl.O=C(Nc1ccccc1Cl)[C@@H]1CCCCN1. The highest BCUT2D eigenvalue weighted by Crippen LogP contribution is 2.21. The monoisotopic (exact) mass is 274 g/mol. The number of anilines is 1. The van der Waals surface area contributed by atoms with Crippen LogP contribution in [0.5, 0.6) is 0 Å². The quantitative estimate of drug-likeness (QED) is 0.871. The topological polar surface area (TPSA) is 41.1 Å². The van der Waals surface area contributed by atoms with Crippen LogP contribution in [0.2, 0.25) is 5.02 Å². The molecule has 0 aliphatic carbocycles. The van der Waals surface area contributed by atoms with Crippen molar-refractivity contribution in [3.63, 3.8) is 0 Å². The standard InChI is InChI=1S/C12H15ClN2O.ClH/c13-9-5-1-2-6-10(9)15-12(16)11-7-3-4-8-14-11;/h1-2,5-6,11,14H,3-4,7-8H2,(H,15,16);1H/t11-;/m0./s1. The van der Waals surface area contributed by atoms with Crippen LogP contribution < -0.4 is 10.6 Å². The largest absolute Gasteiger partial charge is 0.323 e. The van der Waals surface area contributed by atoms with E-state index in [0.29, 0.717) is 10.7 Å². The van der Waals surface area contributed by atoms with Crippen LogP contribution in [0, 0.1) is 0 Å². The molecule has 1 aromatic carbocycles. The zero-order chi connectivity index (χ0) is 11.4. The molecule has 0 aromatic heterocycles. The fourth-order valence-electron chi connectivity index (χ4n) is 1.86. The summed E-state index contributed by atoms with van der Waals surface area (Å²) >= 11 is 5.97. The number of nitrogens with one attached hydrogen (secondary N) is 2. The average molecular weight is 275 g/mol. The Balaban J connectivity index is 0.00000144. The van der Waals surface area contributed by atoms with Gasteiger partial charge in [0.15, 0.2) is 0 Å². The normalized spacial score (nSPS) is 19.2. The van der Waals surface area contributed by atoms with Crippen LogP contribution in [-0.2, 0) is 4.79 Å². The first-order chi connectivity index (χ1) is 7.77. The number of amides is 1. The Labute approximate surface area is 112 Å². The lowest BCUT2D eigenvalue weighted by molar-refractivity contribution is -0.118. The molecule has 17 heavy (non-hydrogen) atoms. The Hall–Kier alpha value is -0.770. The number of hydrogen-bond donors (Lipinski definition) is 2. The van der Waals surface area contributed by atoms with Gasteiger partial charge in [-0.1, -0.05) is 30.2 Å². The van der Waals surface area contributed by atoms with E-state index < -0.39 is 0 Å². The van der Waals surface area contributed by atoms with Crippen molar-refractivity contribution in [1.82, 2.24) is 5.32 Å². The van der Waals surface area contributed by atoms with E-state index in [1.54, 1.807) is 6.07 Å². The molecular formula is C12H16Cl2N2O. The van der Waals surface area contributed by atoms with Crippen LogP contribution >= 0.6 is 24.0 Å². The van der Waals surface area contributed by atoms with Gasteiger partial charge in [0.2, 0.25) is 5.91 Å². The third-order valence-electron chi connectivity index (χ3n) is 2.76. The Morgan fingerprint density at radius 1 is 1.35 bits per heavy atom. The third-order valence-corrected chi connectivity index (χ3v) is 3.09. The summed E-state index contributed by atoms with van der Waals surface area (Å²) in [5, 5.41) is 6.63. The van der Waals surface area contributed by atoms with Crippen molar-refractivity contribution >= 4 is 35.6 Å². The highest BCUT2D eigenvalue weighted by atomic mass is 35.5. The minimum Gasteiger partial charge on any atom is -0.323 e. The van der Waals surface area contributed by atoms with Gasteiger partial charge in [0.1, 0.15) is 0 Å². The summed E-state index contributed by atoms with van der Waals surface area (Å²) in [5.74, 6) is 0.00722. The highest BCUT2D eigenvalue weighted by molar-refractivity contribution is 6.33. The van der Waals surface area contributed by atoms with Crippen molar-refractivity contribution in [1.29, 1.82) is 0 Å². The van der Waals surface area contributed by atoms with Crippen LogP contribution in [0.25, 0.3) is 0 Å². The number of halogens is 2. The third kappa shape index (κ3) is 3.87. The molecule has 0 bridgehead atoms. The number of para-hydroxylation sites is 1. The molecule has 1 aliphatic rings. The van der Waals surface area contributed by atoms with Gasteiger partial charge in [-0.25, -0.2) is 0 Å². The van der Waals surface area contributed by atoms with Crippen LogP contribution in [0.3, 0.4) is 0 Å². The van der Waals surface area contributed by atoms with Crippen LogP contribution in [0.4, 0.5) is 5.69 Å². The average Bonchev–Trinajstić information content (AvgIpc) is 2.33. The highest BCUT2D eigenvalue weighted by Gasteiger charge is 2.20. The van der Waals surface area contributed by atoms with E-state index in [1.807, 2.05) is 18.2 Å². The van der Waals surface area contributed by atoms with Crippen molar-refractivity contribution in [2.24, 2.45) is 0 Å². The molecule has 0 unspecified atom stereocenters. The van der Waals surface area contributed by atoms with Gasteiger partial charge in [-0.05, 0) is 31.5 Å². The summed E-state index contributed by atoms with van der Waals surface area (Å²) < 4.78 is 0. The van der Waals surface area contributed by atoms with Gasteiger partial charge < -0.3 is 10.6 Å². The first-order valence-corrected chi connectivity index (χ1v) is 5.94. The molecule has 0 spiro atoms. The van der Waals surface area contributed by atoms with E-state index >= 15 is 0 Å². The minimum atomic E-state index is -0.0787. The molecule has 1 fully saturated rings. The molecule has 2 N–H and O–H groups in total. The lowest BCUT2D eigenvalue weighted by Gasteiger charge is -2.22. The van der Waals surface area contributed by atoms with Crippen LogP contribution in [-0.4, -0.2) is 18.5 Å². The molecule has 1 aliphatic heterocycles. The molecule has 2 rings (SSSR count). The molecule has 0 saturated carbocycles. The summed E-state index contributed by atoms with van der Waals surface area (Å²) in [7, 11) is 0. The minimum absolute atomic E-state index is 0. The summed E-state index contributed by atoms with van der Waals surface area (Å²) in [6.45, 7) is 0.917. The van der Waals surface area contributed by atoms with Crippen molar-refractivity contribution < 1.29 is 4.79 Å². The number of carbonyl (C=O) groups excluding carboxylic acids is 1. The molecule has 1 amide bonds. The first kappa shape index (κ1) is 14.3. The molecule has 1 saturated heterocycles. The molecule has 3 nitrogen and oxygen atoms in total. The predicted molar refractivity (Wildman–Crippen MR) is 73.0 cm³/mol. The van der Waals surface area contributed by atoms with Crippen molar-refractivity contribution in [3.05, 3.63) is 29.3 Å². The van der Waals surface area contributed by atoms with Gasteiger partial charge in [-0.2, -0.15) is 0 Å². The molecule has 1 atom stereocenters. The number of rotatable bonds is 2. The Bertz CT molecular complexity index is 379. The smallest absolute Gasteiger partial charge is 0.241 e.